The lowest BCUT2D eigenvalue weighted by molar-refractivity contribution is -0.384. The molecule has 0 unspecified atom stereocenters. The lowest BCUT2D eigenvalue weighted by Gasteiger charge is -2.56. The molecule has 0 saturated heterocycles. The molecule has 0 radical (unpaired) electrons. The molecule has 6 atom stereocenters. The van der Waals surface area contributed by atoms with E-state index >= 15 is 0 Å². The number of rotatable bonds is 5. The Hall–Kier alpha value is -2.00. The van der Waals surface area contributed by atoms with Gasteiger partial charge in [-0.2, -0.15) is 8.42 Å². The number of carbonyl (C=O) groups excluding carboxylic acids is 1. The van der Waals surface area contributed by atoms with Gasteiger partial charge in [0.1, 0.15) is 0 Å². The summed E-state index contributed by atoms with van der Waals surface area (Å²) in [4.78, 5) is 22.3. The number of hydrogen-bond donors (Lipinski definition) is 0. The van der Waals surface area contributed by atoms with Crippen LogP contribution in [0.1, 0.15) is 25.7 Å². The minimum Gasteiger partial charge on any atom is -0.469 e. The van der Waals surface area contributed by atoms with Crippen LogP contribution in [-0.4, -0.2) is 32.5 Å². The molecule has 4 bridgehead atoms. The zero-order valence-electron chi connectivity index (χ0n) is 14.8. The van der Waals surface area contributed by atoms with Crippen molar-refractivity contribution in [1.29, 1.82) is 0 Å². The summed E-state index contributed by atoms with van der Waals surface area (Å²) in [5.74, 6) is 0.0937. The van der Waals surface area contributed by atoms with Crippen LogP contribution in [0.5, 0.6) is 0 Å². The van der Waals surface area contributed by atoms with Gasteiger partial charge in [0.25, 0.3) is 15.8 Å². The first-order valence-electron chi connectivity index (χ1n) is 9.05. The highest BCUT2D eigenvalue weighted by atomic mass is 32.2. The average Bonchev–Trinajstić information content (AvgIpc) is 2.64. The van der Waals surface area contributed by atoms with Gasteiger partial charge in [0, 0.05) is 18.1 Å². The maximum Gasteiger partial charge on any atom is 0.309 e. The molecule has 4 saturated carbocycles. The van der Waals surface area contributed by atoms with E-state index in [0.717, 1.165) is 37.8 Å². The number of carbonyl (C=O) groups is 1. The Balaban J connectivity index is 1.59. The Bertz CT molecular complexity index is 866. The number of methoxy groups -OCH3 is 1. The van der Waals surface area contributed by atoms with Crippen LogP contribution in [0, 0.1) is 39.7 Å². The molecular weight excluding hydrogens is 374 g/mol. The first-order valence-corrected chi connectivity index (χ1v) is 10.5. The second-order valence-corrected chi connectivity index (χ2v) is 9.38. The molecule has 9 heteroatoms. The molecule has 4 aliphatic rings. The van der Waals surface area contributed by atoms with E-state index in [1.165, 1.54) is 19.2 Å². The van der Waals surface area contributed by atoms with Crippen LogP contribution in [0.4, 0.5) is 5.69 Å². The number of ether oxygens (including phenoxy) is 1. The van der Waals surface area contributed by atoms with Gasteiger partial charge in [-0.25, -0.2) is 0 Å². The van der Waals surface area contributed by atoms with Crippen molar-refractivity contribution in [2.45, 2.75) is 36.7 Å². The number of nitro benzene ring substituents is 1. The Kier molecular flexibility index (Phi) is 4.46. The number of benzene rings is 1. The maximum atomic E-state index is 12.7. The van der Waals surface area contributed by atoms with Crippen molar-refractivity contribution in [3.05, 3.63) is 34.4 Å². The zero-order chi connectivity index (χ0) is 19.3. The van der Waals surface area contributed by atoms with Crippen LogP contribution in [0.25, 0.3) is 0 Å². The van der Waals surface area contributed by atoms with Crippen molar-refractivity contribution in [3.8, 4) is 0 Å². The van der Waals surface area contributed by atoms with Crippen molar-refractivity contribution in [1.82, 2.24) is 0 Å². The SMILES string of the molecule is COC(=O)[C@@H]1[C@H]2C[C@@H]3C[C@@H](C2)[C@H](OS(=O)(=O)c2ccc([N+](=O)[O-])cc2)[C@@H]1C3. The summed E-state index contributed by atoms with van der Waals surface area (Å²) in [6.45, 7) is 0. The van der Waals surface area contributed by atoms with Crippen LogP contribution in [0.15, 0.2) is 29.2 Å². The lowest BCUT2D eigenvalue weighted by atomic mass is 9.50. The molecule has 146 valence electrons. The minimum absolute atomic E-state index is 0.112. The largest absolute Gasteiger partial charge is 0.469 e. The Morgan fingerprint density at radius 3 is 2.41 bits per heavy atom. The van der Waals surface area contributed by atoms with Crippen LogP contribution in [-0.2, 0) is 23.8 Å². The highest BCUT2D eigenvalue weighted by Crippen LogP contribution is 2.58. The van der Waals surface area contributed by atoms with E-state index in [0.29, 0.717) is 5.92 Å². The van der Waals surface area contributed by atoms with E-state index in [2.05, 4.69) is 0 Å². The quantitative estimate of drug-likeness (QED) is 0.326. The van der Waals surface area contributed by atoms with Crippen LogP contribution in [0.2, 0.25) is 0 Å². The number of nitro groups is 1. The predicted molar refractivity (Wildman–Crippen MR) is 93.1 cm³/mol. The smallest absolute Gasteiger partial charge is 0.309 e. The number of non-ortho nitro benzene ring substituents is 1. The Morgan fingerprint density at radius 1 is 1.11 bits per heavy atom. The number of hydrogen-bond acceptors (Lipinski definition) is 7. The number of esters is 1. The molecule has 1 aromatic rings. The van der Waals surface area contributed by atoms with E-state index in [4.69, 9.17) is 8.92 Å². The highest BCUT2D eigenvalue weighted by molar-refractivity contribution is 7.86. The molecule has 4 fully saturated rings. The van der Waals surface area contributed by atoms with Gasteiger partial charge in [-0.15, -0.1) is 0 Å². The summed E-state index contributed by atoms with van der Waals surface area (Å²) in [7, 11) is -2.72. The zero-order valence-corrected chi connectivity index (χ0v) is 15.6. The van der Waals surface area contributed by atoms with Crippen molar-refractivity contribution < 1.29 is 27.1 Å². The van der Waals surface area contributed by atoms with Crippen LogP contribution >= 0.6 is 0 Å². The van der Waals surface area contributed by atoms with Crippen molar-refractivity contribution in [3.63, 3.8) is 0 Å². The molecule has 4 aliphatic carbocycles. The molecule has 5 rings (SSSR count). The number of nitrogens with zero attached hydrogens (tertiary/aromatic N) is 1. The van der Waals surface area contributed by atoms with Crippen molar-refractivity contribution >= 4 is 21.8 Å². The molecule has 0 aromatic heterocycles. The molecule has 0 aliphatic heterocycles. The van der Waals surface area contributed by atoms with Crippen molar-refractivity contribution in [2.24, 2.45) is 29.6 Å². The third-order valence-electron chi connectivity index (χ3n) is 6.39. The minimum atomic E-state index is -4.08. The Morgan fingerprint density at radius 2 is 1.78 bits per heavy atom. The second-order valence-electron chi connectivity index (χ2n) is 7.81. The molecular formula is C18H21NO7S. The van der Waals surface area contributed by atoms with Gasteiger partial charge in [-0.05, 0) is 55.6 Å². The van der Waals surface area contributed by atoms with E-state index in [-0.39, 0.29) is 40.2 Å². The summed E-state index contributed by atoms with van der Waals surface area (Å²) in [6, 6.07) is 4.65. The predicted octanol–water partition coefficient (Wildman–Crippen LogP) is 2.52. The topological polar surface area (TPSA) is 113 Å². The van der Waals surface area contributed by atoms with Gasteiger partial charge in [0.15, 0.2) is 0 Å². The molecule has 27 heavy (non-hydrogen) atoms. The monoisotopic (exact) mass is 395 g/mol. The average molecular weight is 395 g/mol. The summed E-state index contributed by atoms with van der Waals surface area (Å²) in [5.41, 5.74) is -0.186. The fourth-order valence-corrected chi connectivity index (χ4v) is 6.62. The second kappa shape index (κ2) is 6.56. The highest BCUT2D eigenvalue weighted by Gasteiger charge is 2.57. The molecule has 0 heterocycles. The van der Waals surface area contributed by atoms with Crippen LogP contribution < -0.4 is 0 Å². The summed E-state index contributed by atoms with van der Waals surface area (Å²) < 4.78 is 36.1. The maximum absolute atomic E-state index is 12.7. The molecule has 0 spiro atoms. The normalized spacial score (nSPS) is 34.4. The van der Waals surface area contributed by atoms with Gasteiger partial charge < -0.3 is 4.74 Å². The standard InChI is InChI=1S/C18H21NO7S/c1-25-18(20)16-11-6-10-7-12(9-11)17(15(16)8-10)26-27(23,24)14-4-2-13(3-5-14)19(21)22/h2-5,10-12,15-17H,6-9H2,1H3/t10-,11+,12+,15-,16-,17+/m1/s1. The molecule has 0 N–H and O–H groups in total. The first kappa shape index (κ1) is 18.4. The fraction of sp³-hybridized carbons (Fsp3) is 0.611. The first-order chi connectivity index (χ1) is 12.8. The third kappa shape index (κ3) is 3.12. The van der Waals surface area contributed by atoms with E-state index in [1.54, 1.807) is 0 Å². The van der Waals surface area contributed by atoms with E-state index < -0.39 is 21.1 Å². The summed E-state index contributed by atoms with van der Waals surface area (Å²) in [5, 5.41) is 10.8. The Labute approximate surface area is 157 Å². The van der Waals surface area contributed by atoms with Gasteiger partial charge in [-0.1, -0.05) is 0 Å². The van der Waals surface area contributed by atoms with Crippen molar-refractivity contribution in [2.75, 3.05) is 7.11 Å². The van der Waals surface area contributed by atoms with Gasteiger partial charge in [0.05, 0.1) is 29.0 Å². The van der Waals surface area contributed by atoms with Gasteiger partial charge >= 0.3 is 5.97 Å². The molecule has 0 amide bonds. The van der Waals surface area contributed by atoms with E-state index in [1.807, 2.05) is 0 Å². The molecule has 8 nitrogen and oxygen atoms in total. The van der Waals surface area contributed by atoms with Crippen LogP contribution in [0.3, 0.4) is 0 Å². The summed E-state index contributed by atoms with van der Waals surface area (Å²) >= 11 is 0. The summed E-state index contributed by atoms with van der Waals surface area (Å²) in [6.07, 6.45) is 2.90. The lowest BCUT2D eigenvalue weighted by Crippen LogP contribution is -2.57. The van der Waals surface area contributed by atoms with E-state index in [9.17, 15) is 23.3 Å². The molecule has 1 aromatic carbocycles. The third-order valence-corrected chi connectivity index (χ3v) is 7.71. The fourth-order valence-electron chi connectivity index (χ4n) is 5.45. The van der Waals surface area contributed by atoms with Gasteiger partial charge in [0.2, 0.25) is 0 Å². The van der Waals surface area contributed by atoms with Gasteiger partial charge in [-0.3, -0.25) is 19.1 Å².